The van der Waals surface area contributed by atoms with Gasteiger partial charge in [-0.05, 0) is 48.9 Å². The Bertz CT molecular complexity index is 977. The first-order valence-electron chi connectivity index (χ1n) is 9.66. The largest absolute Gasteiger partial charge is 0.497 e. The Labute approximate surface area is 182 Å². The van der Waals surface area contributed by atoms with Gasteiger partial charge in [-0.2, -0.15) is 0 Å². The molecule has 0 fully saturated rings. The van der Waals surface area contributed by atoms with Crippen molar-refractivity contribution in [3.05, 3.63) is 54.1 Å². The van der Waals surface area contributed by atoms with Crippen molar-refractivity contribution in [3.63, 3.8) is 0 Å². The van der Waals surface area contributed by atoms with Crippen LogP contribution >= 0.6 is 0 Å². The van der Waals surface area contributed by atoms with Crippen LogP contribution < -0.4 is 20.1 Å². The fraction of sp³-hybridized carbons (Fsp3) is 0.333. The van der Waals surface area contributed by atoms with Gasteiger partial charge in [-0.3, -0.25) is 9.59 Å². The van der Waals surface area contributed by atoms with Crippen LogP contribution in [-0.4, -0.2) is 54.1 Å². The van der Waals surface area contributed by atoms with Crippen molar-refractivity contribution in [2.75, 3.05) is 39.2 Å². The monoisotopic (exact) mass is 449 g/mol. The lowest BCUT2D eigenvalue weighted by molar-refractivity contribution is -0.116. The SMILES string of the molecule is COCCCNS(=O)(=O)c1ccc(NC(=O)CCNC(=O)c2cccc(OC)c2)cc1. The minimum absolute atomic E-state index is 0.0663. The van der Waals surface area contributed by atoms with E-state index < -0.39 is 10.0 Å². The van der Waals surface area contributed by atoms with Crippen molar-refractivity contribution in [3.8, 4) is 5.75 Å². The van der Waals surface area contributed by atoms with Gasteiger partial charge >= 0.3 is 0 Å². The van der Waals surface area contributed by atoms with Gasteiger partial charge in [0.15, 0.2) is 0 Å². The van der Waals surface area contributed by atoms with Gasteiger partial charge in [0.1, 0.15) is 5.75 Å². The van der Waals surface area contributed by atoms with E-state index in [2.05, 4.69) is 15.4 Å². The average Bonchev–Trinajstić information content (AvgIpc) is 2.77. The Hall–Kier alpha value is -2.95. The van der Waals surface area contributed by atoms with Crippen molar-refractivity contribution in [2.24, 2.45) is 0 Å². The number of ether oxygens (including phenoxy) is 2. The van der Waals surface area contributed by atoms with E-state index in [9.17, 15) is 18.0 Å². The van der Waals surface area contributed by atoms with Crippen LogP contribution in [-0.2, 0) is 19.6 Å². The van der Waals surface area contributed by atoms with Gasteiger partial charge in [-0.1, -0.05) is 6.07 Å². The molecular weight excluding hydrogens is 422 g/mol. The Morgan fingerprint density at radius 3 is 2.42 bits per heavy atom. The van der Waals surface area contributed by atoms with Crippen LogP contribution in [0.5, 0.6) is 5.75 Å². The van der Waals surface area contributed by atoms with E-state index in [1.807, 2.05) is 0 Å². The quantitative estimate of drug-likeness (QED) is 0.425. The topological polar surface area (TPSA) is 123 Å². The van der Waals surface area contributed by atoms with Gasteiger partial charge in [0.25, 0.3) is 5.91 Å². The minimum Gasteiger partial charge on any atom is -0.497 e. The first kappa shape index (κ1) is 24.3. The molecule has 10 heteroatoms. The summed E-state index contributed by atoms with van der Waals surface area (Å²) in [6.45, 7) is 0.892. The normalized spacial score (nSPS) is 11.0. The maximum absolute atomic E-state index is 12.2. The number of rotatable bonds is 12. The minimum atomic E-state index is -3.62. The molecule has 0 aliphatic rings. The van der Waals surface area contributed by atoms with Gasteiger partial charge in [0, 0.05) is 44.5 Å². The van der Waals surface area contributed by atoms with Crippen LogP contribution in [0.1, 0.15) is 23.2 Å². The Kier molecular flexibility index (Phi) is 9.44. The van der Waals surface area contributed by atoms with Crippen molar-refractivity contribution in [1.29, 1.82) is 0 Å². The second-order valence-corrected chi connectivity index (χ2v) is 8.32. The standard InChI is InChI=1S/C21H27N3O6S/c1-29-14-4-12-23-31(27,28)19-9-7-17(8-10-19)24-20(25)11-13-22-21(26)16-5-3-6-18(15-16)30-2/h3,5-10,15,23H,4,11-14H2,1-2H3,(H,22,26)(H,24,25). The highest BCUT2D eigenvalue weighted by atomic mass is 32.2. The molecule has 2 aromatic carbocycles. The summed E-state index contributed by atoms with van der Waals surface area (Å²) in [7, 11) is -0.547. The maximum Gasteiger partial charge on any atom is 0.251 e. The summed E-state index contributed by atoms with van der Waals surface area (Å²) in [4.78, 5) is 24.3. The molecule has 0 atom stereocenters. The van der Waals surface area contributed by atoms with Gasteiger partial charge in [-0.15, -0.1) is 0 Å². The lowest BCUT2D eigenvalue weighted by Crippen LogP contribution is -2.27. The third-order valence-electron chi connectivity index (χ3n) is 4.24. The highest BCUT2D eigenvalue weighted by molar-refractivity contribution is 7.89. The van der Waals surface area contributed by atoms with E-state index in [0.29, 0.717) is 30.0 Å². The molecule has 0 saturated heterocycles. The number of amides is 2. The summed E-state index contributed by atoms with van der Waals surface area (Å²) < 4.78 is 36.9. The number of anilines is 1. The zero-order valence-electron chi connectivity index (χ0n) is 17.5. The third kappa shape index (κ3) is 8.00. The molecule has 2 amide bonds. The second-order valence-electron chi connectivity index (χ2n) is 6.55. The van der Waals surface area contributed by atoms with Crippen LogP contribution in [0.15, 0.2) is 53.4 Å². The van der Waals surface area contributed by atoms with Gasteiger partial charge < -0.3 is 20.1 Å². The smallest absolute Gasteiger partial charge is 0.251 e. The summed E-state index contributed by atoms with van der Waals surface area (Å²) in [6, 6.07) is 12.6. The second kappa shape index (κ2) is 12.0. The first-order valence-corrected chi connectivity index (χ1v) is 11.1. The van der Waals surface area contributed by atoms with E-state index >= 15 is 0 Å². The van der Waals surface area contributed by atoms with E-state index in [0.717, 1.165) is 0 Å². The number of sulfonamides is 1. The van der Waals surface area contributed by atoms with Gasteiger partial charge in [0.05, 0.1) is 12.0 Å². The number of benzene rings is 2. The molecule has 9 nitrogen and oxygen atoms in total. The lowest BCUT2D eigenvalue weighted by Gasteiger charge is -2.09. The molecule has 0 aromatic heterocycles. The number of methoxy groups -OCH3 is 2. The molecule has 0 heterocycles. The molecule has 0 spiro atoms. The fourth-order valence-corrected chi connectivity index (χ4v) is 3.68. The summed E-state index contributed by atoms with van der Waals surface area (Å²) >= 11 is 0. The highest BCUT2D eigenvalue weighted by Crippen LogP contribution is 2.14. The summed E-state index contributed by atoms with van der Waals surface area (Å²) in [5.41, 5.74) is 0.898. The average molecular weight is 450 g/mol. The first-order chi connectivity index (χ1) is 14.9. The Morgan fingerprint density at radius 1 is 1.00 bits per heavy atom. The van der Waals surface area contributed by atoms with Crippen molar-refractivity contribution >= 4 is 27.5 Å². The van der Waals surface area contributed by atoms with Crippen molar-refractivity contribution in [2.45, 2.75) is 17.7 Å². The van der Waals surface area contributed by atoms with Crippen LogP contribution in [0.4, 0.5) is 5.69 Å². The zero-order chi connectivity index (χ0) is 22.7. The molecule has 2 rings (SSSR count). The van der Waals surface area contributed by atoms with Gasteiger partial charge in [0.2, 0.25) is 15.9 Å². The Balaban J connectivity index is 1.79. The molecule has 0 saturated carbocycles. The van der Waals surface area contributed by atoms with Crippen molar-refractivity contribution < 1.29 is 27.5 Å². The predicted octanol–water partition coefficient (Wildman–Crippen LogP) is 1.77. The summed E-state index contributed by atoms with van der Waals surface area (Å²) in [6.07, 6.45) is 0.634. The molecule has 0 bridgehead atoms. The molecule has 168 valence electrons. The summed E-state index contributed by atoms with van der Waals surface area (Å²) in [5, 5.41) is 5.34. The number of carbonyl (C=O) groups is 2. The van der Waals surface area contributed by atoms with Crippen molar-refractivity contribution in [1.82, 2.24) is 10.0 Å². The van der Waals surface area contributed by atoms with E-state index in [1.54, 1.807) is 31.4 Å². The predicted molar refractivity (Wildman–Crippen MR) is 117 cm³/mol. The molecular formula is C21H27N3O6S. The third-order valence-corrected chi connectivity index (χ3v) is 5.71. The molecule has 0 aliphatic carbocycles. The Morgan fingerprint density at radius 2 is 1.74 bits per heavy atom. The molecule has 0 unspecified atom stereocenters. The number of hydrogen-bond acceptors (Lipinski definition) is 6. The maximum atomic E-state index is 12.2. The molecule has 31 heavy (non-hydrogen) atoms. The van der Waals surface area contributed by atoms with Crippen LogP contribution in [0.2, 0.25) is 0 Å². The van der Waals surface area contributed by atoms with Crippen LogP contribution in [0.25, 0.3) is 0 Å². The fourth-order valence-electron chi connectivity index (χ4n) is 2.60. The highest BCUT2D eigenvalue weighted by Gasteiger charge is 2.13. The number of hydrogen-bond donors (Lipinski definition) is 3. The van der Waals surface area contributed by atoms with Crippen LogP contribution in [0.3, 0.4) is 0 Å². The van der Waals surface area contributed by atoms with E-state index in [4.69, 9.17) is 9.47 Å². The number of nitrogens with one attached hydrogen (secondary N) is 3. The summed E-state index contributed by atoms with van der Waals surface area (Å²) in [5.74, 6) is -0.0421. The lowest BCUT2D eigenvalue weighted by atomic mass is 10.2. The van der Waals surface area contributed by atoms with Gasteiger partial charge in [-0.25, -0.2) is 13.1 Å². The zero-order valence-corrected chi connectivity index (χ0v) is 18.3. The molecule has 0 radical (unpaired) electrons. The molecule has 3 N–H and O–H groups in total. The number of carbonyl (C=O) groups excluding carboxylic acids is 2. The van der Waals surface area contributed by atoms with E-state index in [1.165, 1.54) is 31.4 Å². The van der Waals surface area contributed by atoms with E-state index in [-0.39, 0.29) is 36.2 Å². The molecule has 0 aliphatic heterocycles. The molecule has 2 aromatic rings. The van der Waals surface area contributed by atoms with Crippen LogP contribution in [0, 0.1) is 0 Å².